The lowest BCUT2D eigenvalue weighted by Gasteiger charge is -2.19. The molecule has 0 spiro atoms. The molecule has 30 heavy (non-hydrogen) atoms. The summed E-state index contributed by atoms with van der Waals surface area (Å²) in [5.74, 6) is -0.202. The minimum atomic E-state index is -4.75. The normalized spacial score (nSPS) is 14.9. The van der Waals surface area contributed by atoms with Gasteiger partial charge in [0.05, 0.1) is 5.56 Å². The number of ether oxygens (including phenoxy) is 2. The SMILES string of the molecule is CCc1cc(CNc2ncc(C(=O)N3CCCCOC3)cn2)cc(OC(F)(F)F)c1.[HH]. The second kappa shape index (κ2) is 9.75. The first-order valence-electron chi connectivity index (χ1n) is 9.65. The molecule has 0 bridgehead atoms. The zero-order valence-corrected chi connectivity index (χ0v) is 16.5. The van der Waals surface area contributed by atoms with Gasteiger partial charge >= 0.3 is 6.36 Å². The van der Waals surface area contributed by atoms with Crippen molar-refractivity contribution in [2.45, 2.75) is 39.1 Å². The van der Waals surface area contributed by atoms with Gasteiger partial charge in [0.1, 0.15) is 12.5 Å². The molecule has 164 valence electrons. The number of carbonyl (C=O) groups excluding carboxylic acids is 1. The van der Waals surface area contributed by atoms with Gasteiger partial charge in [0.25, 0.3) is 5.91 Å². The summed E-state index contributed by atoms with van der Waals surface area (Å²) >= 11 is 0. The number of halogens is 3. The highest BCUT2D eigenvalue weighted by Crippen LogP contribution is 2.25. The number of hydrogen-bond acceptors (Lipinski definition) is 6. The van der Waals surface area contributed by atoms with Crippen LogP contribution in [0.4, 0.5) is 19.1 Å². The van der Waals surface area contributed by atoms with Crippen LogP contribution in [0.15, 0.2) is 30.6 Å². The lowest BCUT2D eigenvalue weighted by atomic mass is 10.1. The molecule has 2 aromatic rings. The number of hydrogen-bond donors (Lipinski definition) is 1. The molecule has 10 heteroatoms. The quantitative estimate of drug-likeness (QED) is 0.752. The van der Waals surface area contributed by atoms with Crippen molar-refractivity contribution in [3.63, 3.8) is 0 Å². The highest BCUT2D eigenvalue weighted by Gasteiger charge is 2.31. The molecule has 0 atom stereocenters. The Labute approximate surface area is 173 Å². The fraction of sp³-hybridized carbons (Fsp3) is 0.450. The number of amides is 1. The van der Waals surface area contributed by atoms with Crippen molar-refractivity contribution in [1.29, 1.82) is 0 Å². The largest absolute Gasteiger partial charge is 0.573 e. The average molecular weight is 426 g/mol. The molecule has 1 fully saturated rings. The maximum absolute atomic E-state index is 12.5. The van der Waals surface area contributed by atoms with Gasteiger partial charge in [-0.05, 0) is 42.5 Å². The third-order valence-corrected chi connectivity index (χ3v) is 4.52. The topological polar surface area (TPSA) is 76.6 Å². The van der Waals surface area contributed by atoms with Crippen LogP contribution in [-0.2, 0) is 17.7 Å². The first-order valence-corrected chi connectivity index (χ1v) is 9.65. The first kappa shape index (κ1) is 21.8. The van der Waals surface area contributed by atoms with Crippen LogP contribution in [0, 0.1) is 0 Å². The molecular formula is C20H25F3N4O3. The fourth-order valence-electron chi connectivity index (χ4n) is 3.03. The van der Waals surface area contributed by atoms with Crippen molar-refractivity contribution in [3.05, 3.63) is 47.3 Å². The molecule has 1 saturated heterocycles. The van der Waals surface area contributed by atoms with Crippen LogP contribution >= 0.6 is 0 Å². The van der Waals surface area contributed by atoms with E-state index in [2.05, 4.69) is 20.0 Å². The zero-order chi connectivity index (χ0) is 21.6. The highest BCUT2D eigenvalue weighted by atomic mass is 19.4. The molecule has 2 heterocycles. The zero-order valence-electron chi connectivity index (χ0n) is 16.5. The van der Waals surface area contributed by atoms with Crippen LogP contribution in [0.25, 0.3) is 0 Å². The van der Waals surface area contributed by atoms with Crippen LogP contribution in [0.3, 0.4) is 0 Å². The van der Waals surface area contributed by atoms with Crippen LogP contribution in [0.5, 0.6) is 5.75 Å². The Morgan fingerprint density at radius 3 is 2.67 bits per heavy atom. The Morgan fingerprint density at radius 2 is 1.97 bits per heavy atom. The van der Waals surface area contributed by atoms with E-state index in [4.69, 9.17) is 4.74 Å². The predicted molar refractivity (Wildman–Crippen MR) is 105 cm³/mol. The van der Waals surface area contributed by atoms with Gasteiger partial charge in [-0.15, -0.1) is 13.2 Å². The molecule has 7 nitrogen and oxygen atoms in total. The second-order valence-corrected chi connectivity index (χ2v) is 6.85. The number of benzene rings is 1. The molecule has 1 aliphatic rings. The number of nitrogens with zero attached hydrogens (tertiary/aromatic N) is 3. The van der Waals surface area contributed by atoms with Crippen molar-refractivity contribution in [2.24, 2.45) is 0 Å². The third kappa shape index (κ3) is 6.31. The van der Waals surface area contributed by atoms with E-state index in [1.807, 2.05) is 6.92 Å². The smallest absolute Gasteiger partial charge is 0.406 e. The lowest BCUT2D eigenvalue weighted by Crippen LogP contribution is -2.32. The van der Waals surface area contributed by atoms with E-state index in [0.29, 0.717) is 30.7 Å². The Bertz CT molecular complexity index is 858. The Morgan fingerprint density at radius 1 is 1.23 bits per heavy atom. The van der Waals surface area contributed by atoms with E-state index in [1.54, 1.807) is 11.0 Å². The van der Waals surface area contributed by atoms with E-state index in [1.165, 1.54) is 24.5 Å². The number of alkyl halides is 3. The summed E-state index contributed by atoms with van der Waals surface area (Å²) < 4.78 is 47.0. The number of anilines is 1. The lowest BCUT2D eigenvalue weighted by molar-refractivity contribution is -0.274. The second-order valence-electron chi connectivity index (χ2n) is 6.85. The van der Waals surface area contributed by atoms with Crippen molar-refractivity contribution in [1.82, 2.24) is 14.9 Å². The summed E-state index contributed by atoms with van der Waals surface area (Å²) in [4.78, 5) is 22.4. The minimum absolute atomic E-state index is 0. The van der Waals surface area contributed by atoms with Crippen LogP contribution in [0.1, 0.15) is 42.7 Å². The van der Waals surface area contributed by atoms with Gasteiger partial charge in [0.2, 0.25) is 5.95 Å². The monoisotopic (exact) mass is 426 g/mol. The van der Waals surface area contributed by atoms with Gasteiger partial charge in [-0.25, -0.2) is 9.97 Å². The number of carbonyl (C=O) groups is 1. The summed E-state index contributed by atoms with van der Waals surface area (Å²) in [7, 11) is 0. The Balaban J connectivity index is 0.00000341. The van der Waals surface area contributed by atoms with Crippen molar-refractivity contribution < 1.29 is 28.9 Å². The Hall–Kier alpha value is -2.88. The number of aryl methyl sites for hydroxylation is 1. The van der Waals surface area contributed by atoms with E-state index in [9.17, 15) is 18.0 Å². The standard InChI is InChI=1S/C20H23F3N4O3.H2/c1-2-14-7-15(9-17(8-14)30-20(21,22)23)10-24-19-25-11-16(12-26-19)18(28)27-5-3-4-6-29-13-27;/h7-9,11-12H,2-6,10,13H2,1H3,(H,24,25,26);1H. The van der Waals surface area contributed by atoms with Crippen LogP contribution < -0.4 is 10.1 Å². The van der Waals surface area contributed by atoms with E-state index in [-0.39, 0.29) is 32.3 Å². The molecule has 1 amide bonds. The molecule has 1 aromatic carbocycles. The highest BCUT2D eigenvalue weighted by molar-refractivity contribution is 5.93. The van der Waals surface area contributed by atoms with Crippen LogP contribution in [0.2, 0.25) is 0 Å². The van der Waals surface area contributed by atoms with E-state index < -0.39 is 6.36 Å². The summed E-state index contributed by atoms with van der Waals surface area (Å²) in [6.45, 7) is 3.55. The molecule has 0 aliphatic carbocycles. The van der Waals surface area contributed by atoms with Gasteiger partial charge in [0.15, 0.2) is 0 Å². The maximum atomic E-state index is 12.5. The van der Waals surface area contributed by atoms with Crippen molar-refractivity contribution in [2.75, 3.05) is 25.2 Å². The summed E-state index contributed by atoms with van der Waals surface area (Å²) in [5, 5.41) is 2.95. The fourth-order valence-corrected chi connectivity index (χ4v) is 3.03. The first-order chi connectivity index (χ1) is 14.3. The maximum Gasteiger partial charge on any atom is 0.573 e. The third-order valence-electron chi connectivity index (χ3n) is 4.52. The van der Waals surface area contributed by atoms with Crippen molar-refractivity contribution >= 4 is 11.9 Å². The van der Waals surface area contributed by atoms with Crippen molar-refractivity contribution in [3.8, 4) is 5.75 Å². The van der Waals surface area contributed by atoms with Gasteiger partial charge in [-0.3, -0.25) is 4.79 Å². The van der Waals surface area contributed by atoms with Gasteiger partial charge in [-0.1, -0.05) is 13.0 Å². The van der Waals surface area contributed by atoms with Crippen LogP contribution in [-0.4, -0.2) is 47.0 Å². The molecule has 1 aromatic heterocycles. The van der Waals surface area contributed by atoms with Gasteiger partial charge < -0.3 is 19.7 Å². The summed E-state index contributed by atoms with van der Waals surface area (Å²) in [6, 6.07) is 4.46. The predicted octanol–water partition coefficient (Wildman–Crippen LogP) is 4.01. The molecule has 3 rings (SSSR count). The summed E-state index contributed by atoms with van der Waals surface area (Å²) in [5.41, 5.74) is 1.66. The minimum Gasteiger partial charge on any atom is -0.406 e. The molecule has 0 unspecified atom stereocenters. The number of aromatic nitrogens is 2. The van der Waals surface area contributed by atoms with E-state index in [0.717, 1.165) is 18.4 Å². The summed E-state index contributed by atoms with van der Waals surface area (Å²) in [6.07, 6.45) is 0.449. The number of nitrogens with one attached hydrogen (secondary N) is 1. The molecular weight excluding hydrogens is 401 g/mol. The van der Waals surface area contributed by atoms with Gasteiger partial charge in [-0.2, -0.15) is 0 Å². The van der Waals surface area contributed by atoms with E-state index >= 15 is 0 Å². The average Bonchev–Trinajstić information content (AvgIpc) is 3.00. The molecule has 0 radical (unpaired) electrons. The Kier molecular flexibility index (Phi) is 7.09. The molecule has 0 saturated carbocycles. The number of rotatable bonds is 6. The molecule has 1 aliphatic heterocycles. The van der Waals surface area contributed by atoms with Gasteiger partial charge in [0, 0.05) is 33.5 Å². The molecule has 1 N–H and O–H groups in total.